The van der Waals surface area contributed by atoms with E-state index >= 15 is 0 Å². The molecule has 136 valence electrons. The van der Waals surface area contributed by atoms with Crippen LogP contribution in [0.5, 0.6) is 5.75 Å². The van der Waals surface area contributed by atoms with E-state index in [-0.39, 0.29) is 10.8 Å². The normalized spacial score (nSPS) is 12.6. The molecule has 0 amide bonds. The molecule has 0 heterocycles. The zero-order chi connectivity index (χ0) is 18.8. The van der Waals surface area contributed by atoms with Crippen molar-refractivity contribution in [3.63, 3.8) is 0 Å². The van der Waals surface area contributed by atoms with Gasteiger partial charge in [0, 0.05) is 18.7 Å². The third-order valence-electron chi connectivity index (χ3n) is 4.60. The summed E-state index contributed by atoms with van der Waals surface area (Å²) in [6, 6.07) is 14.8. The van der Waals surface area contributed by atoms with Gasteiger partial charge in [-0.15, -0.1) is 0 Å². The van der Waals surface area contributed by atoms with Crippen LogP contribution in [0.15, 0.2) is 42.5 Å². The van der Waals surface area contributed by atoms with E-state index in [0.717, 1.165) is 24.2 Å². The van der Waals surface area contributed by atoms with E-state index in [4.69, 9.17) is 0 Å². The Labute approximate surface area is 153 Å². The lowest BCUT2D eigenvalue weighted by Gasteiger charge is -2.28. The molecular weight excluding hydrogens is 306 g/mol. The molecule has 0 bridgehead atoms. The second-order valence-electron chi connectivity index (χ2n) is 9.19. The van der Waals surface area contributed by atoms with E-state index in [1.807, 2.05) is 6.07 Å². The van der Waals surface area contributed by atoms with Gasteiger partial charge >= 0.3 is 0 Å². The largest absolute Gasteiger partial charge is 0.507 e. The van der Waals surface area contributed by atoms with E-state index in [0.29, 0.717) is 5.75 Å². The van der Waals surface area contributed by atoms with Crippen LogP contribution in [0.1, 0.15) is 63.8 Å². The van der Waals surface area contributed by atoms with E-state index < -0.39 is 0 Å². The summed E-state index contributed by atoms with van der Waals surface area (Å²) in [7, 11) is 2.10. The second-order valence-corrected chi connectivity index (χ2v) is 9.19. The van der Waals surface area contributed by atoms with Crippen molar-refractivity contribution in [1.82, 2.24) is 4.90 Å². The number of aromatic hydroxyl groups is 1. The molecule has 25 heavy (non-hydrogen) atoms. The predicted molar refractivity (Wildman–Crippen MR) is 107 cm³/mol. The lowest BCUT2D eigenvalue weighted by atomic mass is 9.79. The minimum Gasteiger partial charge on any atom is -0.507 e. The molecule has 0 aliphatic carbocycles. The summed E-state index contributed by atoms with van der Waals surface area (Å²) >= 11 is 0. The number of hydrogen-bond donors (Lipinski definition) is 1. The molecule has 0 saturated heterocycles. The van der Waals surface area contributed by atoms with Crippen LogP contribution in [0.25, 0.3) is 0 Å². The average Bonchev–Trinajstić information content (AvgIpc) is 2.48. The van der Waals surface area contributed by atoms with E-state index in [2.05, 4.69) is 89.9 Å². The van der Waals surface area contributed by atoms with Crippen LogP contribution in [0.2, 0.25) is 0 Å². The van der Waals surface area contributed by atoms with Crippen molar-refractivity contribution in [3.05, 3.63) is 64.7 Å². The Morgan fingerprint density at radius 2 is 1.44 bits per heavy atom. The first-order valence-electron chi connectivity index (χ1n) is 9.08. The number of benzene rings is 2. The van der Waals surface area contributed by atoms with Crippen molar-refractivity contribution in [2.24, 2.45) is 0 Å². The molecule has 0 fully saturated rings. The lowest BCUT2D eigenvalue weighted by molar-refractivity contribution is 0.310. The van der Waals surface area contributed by atoms with Crippen LogP contribution < -0.4 is 0 Å². The van der Waals surface area contributed by atoms with E-state index in [9.17, 15) is 5.11 Å². The maximum Gasteiger partial charge on any atom is 0.123 e. The van der Waals surface area contributed by atoms with Gasteiger partial charge < -0.3 is 5.11 Å². The van der Waals surface area contributed by atoms with Crippen molar-refractivity contribution < 1.29 is 5.11 Å². The summed E-state index contributed by atoms with van der Waals surface area (Å²) in [6.45, 7) is 14.7. The van der Waals surface area contributed by atoms with Gasteiger partial charge in [-0.05, 0) is 34.6 Å². The number of phenols is 1. The Hall–Kier alpha value is -1.80. The minimum absolute atomic E-state index is 0.0560. The summed E-state index contributed by atoms with van der Waals surface area (Å²) < 4.78 is 0. The molecule has 2 heteroatoms. The van der Waals surface area contributed by atoms with Gasteiger partial charge in [0.2, 0.25) is 0 Å². The van der Waals surface area contributed by atoms with Gasteiger partial charge in [0.25, 0.3) is 0 Å². The quantitative estimate of drug-likeness (QED) is 0.781. The number of nitrogens with zero attached hydrogens (tertiary/aromatic N) is 1. The van der Waals surface area contributed by atoms with Gasteiger partial charge in [0.1, 0.15) is 5.75 Å². The minimum atomic E-state index is -0.0852. The molecule has 0 atom stereocenters. The lowest BCUT2D eigenvalue weighted by Crippen LogP contribution is -2.21. The van der Waals surface area contributed by atoms with Crippen molar-refractivity contribution >= 4 is 0 Å². The highest BCUT2D eigenvalue weighted by Gasteiger charge is 2.25. The van der Waals surface area contributed by atoms with Crippen LogP contribution in [-0.2, 0) is 23.9 Å². The van der Waals surface area contributed by atoms with Crippen molar-refractivity contribution in [1.29, 1.82) is 0 Å². The van der Waals surface area contributed by atoms with Crippen LogP contribution in [0, 0.1) is 0 Å². The monoisotopic (exact) mass is 339 g/mol. The fourth-order valence-corrected chi connectivity index (χ4v) is 3.06. The third kappa shape index (κ3) is 5.09. The summed E-state index contributed by atoms with van der Waals surface area (Å²) in [5, 5.41) is 10.9. The van der Waals surface area contributed by atoms with Gasteiger partial charge in [-0.25, -0.2) is 0 Å². The van der Waals surface area contributed by atoms with Gasteiger partial charge in [-0.1, -0.05) is 84.0 Å². The fraction of sp³-hybridized carbons (Fsp3) is 0.478. The van der Waals surface area contributed by atoms with Gasteiger partial charge in [0.05, 0.1) is 0 Å². The van der Waals surface area contributed by atoms with Crippen molar-refractivity contribution in [3.8, 4) is 5.75 Å². The maximum atomic E-state index is 10.9. The van der Waals surface area contributed by atoms with Crippen LogP contribution >= 0.6 is 0 Å². The molecule has 0 unspecified atom stereocenters. The zero-order valence-electron chi connectivity index (χ0n) is 16.9. The van der Waals surface area contributed by atoms with E-state index in [1.54, 1.807) is 0 Å². The van der Waals surface area contributed by atoms with Crippen LogP contribution in [0.3, 0.4) is 0 Å². The molecule has 2 nitrogen and oxygen atoms in total. The highest BCUT2D eigenvalue weighted by molar-refractivity contribution is 5.48. The Morgan fingerprint density at radius 1 is 0.840 bits per heavy atom. The summed E-state index contributed by atoms with van der Waals surface area (Å²) in [5.41, 5.74) is 4.57. The summed E-state index contributed by atoms with van der Waals surface area (Å²) in [6.07, 6.45) is 0. The topological polar surface area (TPSA) is 23.5 Å². The first kappa shape index (κ1) is 19.5. The molecule has 0 spiro atoms. The molecule has 0 aliphatic rings. The molecule has 2 aromatic carbocycles. The molecule has 0 aliphatic heterocycles. The van der Waals surface area contributed by atoms with Crippen LogP contribution in [0.4, 0.5) is 0 Å². The average molecular weight is 340 g/mol. The highest BCUT2D eigenvalue weighted by Crippen LogP contribution is 2.38. The molecule has 1 N–H and O–H groups in total. The Morgan fingerprint density at radius 3 is 1.96 bits per heavy atom. The van der Waals surface area contributed by atoms with Crippen molar-refractivity contribution in [2.75, 3.05) is 7.05 Å². The SMILES string of the molecule is CN(Cc1ccccc1)Cc1cc(C(C)(C)C)cc(C(C)(C)C)c1O. The van der Waals surface area contributed by atoms with Gasteiger partial charge in [0.15, 0.2) is 0 Å². The number of hydrogen-bond acceptors (Lipinski definition) is 2. The first-order chi connectivity index (χ1) is 11.5. The van der Waals surface area contributed by atoms with Gasteiger partial charge in [-0.3, -0.25) is 4.90 Å². The molecule has 0 saturated carbocycles. The molecule has 2 rings (SSSR count). The zero-order valence-corrected chi connectivity index (χ0v) is 16.9. The molecule has 2 aromatic rings. The van der Waals surface area contributed by atoms with Crippen LogP contribution in [-0.4, -0.2) is 17.1 Å². The Bertz CT molecular complexity index is 705. The summed E-state index contributed by atoms with van der Waals surface area (Å²) in [5.74, 6) is 0.445. The van der Waals surface area contributed by atoms with E-state index in [1.165, 1.54) is 11.1 Å². The molecular formula is C23H33NO. The standard InChI is InChI=1S/C23H33NO/c1-22(2,3)19-13-18(21(25)20(14-19)23(4,5)6)16-24(7)15-17-11-9-8-10-12-17/h8-14,25H,15-16H2,1-7H3. The third-order valence-corrected chi connectivity index (χ3v) is 4.60. The second kappa shape index (κ2) is 7.21. The highest BCUT2D eigenvalue weighted by atomic mass is 16.3. The predicted octanol–water partition coefficient (Wildman–Crippen LogP) is 5.62. The number of phenolic OH excluding ortho intramolecular Hbond substituents is 1. The smallest absolute Gasteiger partial charge is 0.123 e. The Kier molecular flexibility index (Phi) is 5.63. The maximum absolute atomic E-state index is 10.9. The number of rotatable bonds is 4. The first-order valence-corrected chi connectivity index (χ1v) is 9.08. The summed E-state index contributed by atoms with van der Waals surface area (Å²) in [4.78, 5) is 2.25. The molecule has 0 aromatic heterocycles. The van der Waals surface area contributed by atoms with Crippen molar-refractivity contribution in [2.45, 2.75) is 65.5 Å². The molecule has 0 radical (unpaired) electrons. The fourth-order valence-electron chi connectivity index (χ4n) is 3.06. The van der Waals surface area contributed by atoms with Gasteiger partial charge in [-0.2, -0.15) is 0 Å². The Balaban J connectivity index is 2.35.